The molecule has 0 aliphatic heterocycles. The smallest absolute Gasteiger partial charge is 0.272 e. The largest absolute Gasteiger partial charge is 0.346 e. The van der Waals surface area contributed by atoms with Gasteiger partial charge in [-0.1, -0.05) is 18.2 Å². The number of H-pyrrole nitrogens is 1. The molecule has 1 aromatic carbocycles. The number of amides is 1. The number of nitrogens with one attached hydrogen (secondary N) is 2. The van der Waals surface area contributed by atoms with Crippen molar-refractivity contribution in [3.05, 3.63) is 59.5 Å². The van der Waals surface area contributed by atoms with Crippen LogP contribution in [0.4, 0.5) is 0 Å². The molecule has 3 rings (SSSR count). The molecule has 20 heavy (non-hydrogen) atoms. The molecule has 0 unspecified atom stereocenters. The molecule has 0 bridgehead atoms. The molecular weight excluding hydrogens is 252 g/mol. The van der Waals surface area contributed by atoms with Crippen molar-refractivity contribution in [1.29, 1.82) is 0 Å². The molecule has 0 aliphatic carbocycles. The highest BCUT2D eigenvalue weighted by Crippen LogP contribution is 2.15. The molecule has 1 amide bonds. The van der Waals surface area contributed by atoms with Gasteiger partial charge in [-0.3, -0.25) is 14.9 Å². The van der Waals surface area contributed by atoms with Crippen LogP contribution < -0.4 is 5.32 Å². The second-order valence-electron chi connectivity index (χ2n) is 4.60. The first-order chi connectivity index (χ1) is 9.75. The van der Waals surface area contributed by atoms with Gasteiger partial charge in [-0.25, -0.2) is 0 Å². The average molecular weight is 266 g/mol. The van der Waals surface area contributed by atoms with Gasteiger partial charge in [-0.15, -0.1) is 0 Å². The summed E-state index contributed by atoms with van der Waals surface area (Å²) in [5, 5.41) is 10.6. The maximum atomic E-state index is 12.2. The minimum atomic E-state index is -0.189. The number of hydrogen-bond donors (Lipinski definition) is 2. The molecule has 100 valence electrons. The van der Waals surface area contributed by atoms with Gasteiger partial charge in [0.05, 0.1) is 5.52 Å². The Morgan fingerprint density at radius 1 is 1.30 bits per heavy atom. The van der Waals surface area contributed by atoms with E-state index in [9.17, 15) is 4.79 Å². The molecule has 5 heteroatoms. The number of carbonyl (C=O) groups is 1. The van der Waals surface area contributed by atoms with E-state index < -0.39 is 0 Å². The second-order valence-corrected chi connectivity index (χ2v) is 4.60. The quantitative estimate of drug-likeness (QED) is 0.763. The summed E-state index contributed by atoms with van der Waals surface area (Å²) in [7, 11) is 0. The van der Waals surface area contributed by atoms with Crippen LogP contribution in [0.3, 0.4) is 0 Å². The third-order valence-electron chi connectivity index (χ3n) is 3.27. The van der Waals surface area contributed by atoms with Crippen LogP contribution in [0.1, 0.15) is 21.6 Å². The average Bonchev–Trinajstić information content (AvgIpc) is 2.90. The lowest BCUT2D eigenvalue weighted by Gasteiger charge is -2.06. The number of carbonyl (C=O) groups excluding carboxylic acids is 1. The number of hydrogen-bond acceptors (Lipinski definition) is 3. The number of aromatic nitrogens is 3. The molecule has 0 atom stereocenters. The van der Waals surface area contributed by atoms with Gasteiger partial charge >= 0.3 is 0 Å². The zero-order valence-electron chi connectivity index (χ0n) is 11.1. The van der Waals surface area contributed by atoms with Crippen LogP contribution >= 0.6 is 0 Å². The molecule has 0 fully saturated rings. The van der Waals surface area contributed by atoms with Crippen LogP contribution in [0.15, 0.2) is 42.7 Å². The predicted molar refractivity (Wildman–Crippen MR) is 76.2 cm³/mol. The number of fused-ring (bicyclic) bond motifs is 1. The predicted octanol–water partition coefficient (Wildman–Crippen LogP) is 2.20. The van der Waals surface area contributed by atoms with Crippen LogP contribution in [0.25, 0.3) is 10.9 Å². The first-order valence-electron chi connectivity index (χ1n) is 6.36. The summed E-state index contributed by atoms with van der Waals surface area (Å²) < 4.78 is 0. The summed E-state index contributed by atoms with van der Waals surface area (Å²) in [6, 6.07) is 9.49. The van der Waals surface area contributed by atoms with Crippen molar-refractivity contribution in [3.63, 3.8) is 0 Å². The van der Waals surface area contributed by atoms with Crippen molar-refractivity contribution in [3.8, 4) is 0 Å². The van der Waals surface area contributed by atoms with E-state index in [1.807, 2.05) is 37.3 Å². The van der Waals surface area contributed by atoms with Crippen molar-refractivity contribution in [2.45, 2.75) is 13.5 Å². The Hall–Kier alpha value is -2.69. The van der Waals surface area contributed by atoms with Crippen molar-refractivity contribution in [2.24, 2.45) is 0 Å². The minimum absolute atomic E-state index is 0.189. The van der Waals surface area contributed by atoms with E-state index in [2.05, 4.69) is 20.5 Å². The summed E-state index contributed by atoms with van der Waals surface area (Å²) in [6.45, 7) is 2.44. The van der Waals surface area contributed by atoms with Gasteiger partial charge in [-0.2, -0.15) is 5.10 Å². The van der Waals surface area contributed by atoms with E-state index in [1.165, 1.54) is 0 Å². The number of rotatable bonds is 3. The van der Waals surface area contributed by atoms with Gasteiger partial charge in [0, 0.05) is 24.3 Å². The van der Waals surface area contributed by atoms with Gasteiger partial charge in [0.1, 0.15) is 0 Å². The van der Waals surface area contributed by atoms with Crippen molar-refractivity contribution < 1.29 is 4.79 Å². The molecule has 0 radical (unpaired) electrons. The third-order valence-corrected chi connectivity index (χ3v) is 3.27. The molecule has 0 aliphatic rings. The number of aromatic amines is 1. The Kier molecular flexibility index (Phi) is 3.16. The first kappa shape index (κ1) is 12.3. The van der Waals surface area contributed by atoms with Crippen LogP contribution in [-0.4, -0.2) is 21.1 Å². The minimum Gasteiger partial charge on any atom is -0.346 e. The van der Waals surface area contributed by atoms with Gasteiger partial charge in [0.25, 0.3) is 5.91 Å². The monoisotopic (exact) mass is 266 g/mol. The molecular formula is C15H14N4O. The topological polar surface area (TPSA) is 70.7 Å². The molecule has 5 nitrogen and oxygen atoms in total. The molecule has 2 N–H and O–H groups in total. The Morgan fingerprint density at radius 3 is 3.00 bits per heavy atom. The lowest BCUT2D eigenvalue weighted by molar-refractivity contribution is 0.0947. The molecule has 2 heterocycles. The summed E-state index contributed by atoms with van der Waals surface area (Å²) in [5.74, 6) is -0.189. The number of nitrogens with zero attached hydrogens (tertiary/aromatic N) is 2. The fraction of sp³-hybridized carbons (Fsp3) is 0.133. The zero-order valence-corrected chi connectivity index (χ0v) is 11.1. The van der Waals surface area contributed by atoms with E-state index in [1.54, 1.807) is 12.4 Å². The molecule has 3 aromatic rings. The van der Waals surface area contributed by atoms with Crippen LogP contribution in [0, 0.1) is 6.92 Å². The van der Waals surface area contributed by atoms with Crippen LogP contribution in [0.2, 0.25) is 0 Å². The van der Waals surface area contributed by atoms with Crippen molar-refractivity contribution in [2.75, 3.05) is 0 Å². The highest BCUT2D eigenvalue weighted by atomic mass is 16.1. The van der Waals surface area contributed by atoms with E-state index >= 15 is 0 Å². The lowest BCUT2D eigenvalue weighted by atomic mass is 10.1. The first-order valence-corrected chi connectivity index (χ1v) is 6.36. The summed E-state index contributed by atoms with van der Waals surface area (Å²) in [5.41, 5.74) is 3.38. The standard InChI is InChI=1S/C15H14N4O/c1-10-6-7-16-8-11(10)9-17-15(20)14-12-4-2-3-5-13(12)18-19-14/h2-8H,9H2,1H3,(H,17,20)(H,18,19). The number of pyridine rings is 1. The van der Waals surface area contributed by atoms with Crippen LogP contribution in [0.5, 0.6) is 0 Å². The Bertz CT molecular complexity index is 763. The lowest BCUT2D eigenvalue weighted by Crippen LogP contribution is -2.23. The SMILES string of the molecule is Cc1ccncc1CNC(=O)c1n[nH]c2ccccc12. The van der Waals surface area contributed by atoms with Gasteiger partial charge < -0.3 is 5.32 Å². The highest BCUT2D eigenvalue weighted by Gasteiger charge is 2.13. The number of para-hydroxylation sites is 1. The summed E-state index contributed by atoms with van der Waals surface area (Å²) in [4.78, 5) is 16.3. The zero-order chi connectivity index (χ0) is 13.9. The van der Waals surface area contributed by atoms with Crippen molar-refractivity contribution in [1.82, 2.24) is 20.5 Å². The molecule has 0 saturated carbocycles. The normalized spacial score (nSPS) is 10.7. The Morgan fingerprint density at radius 2 is 2.15 bits per heavy atom. The highest BCUT2D eigenvalue weighted by molar-refractivity contribution is 6.04. The van der Waals surface area contributed by atoms with E-state index in [-0.39, 0.29) is 5.91 Å². The molecule has 0 saturated heterocycles. The van der Waals surface area contributed by atoms with Gasteiger partial charge in [0.2, 0.25) is 0 Å². The van der Waals surface area contributed by atoms with Crippen LogP contribution in [-0.2, 0) is 6.54 Å². The maximum Gasteiger partial charge on any atom is 0.272 e. The fourth-order valence-corrected chi connectivity index (χ4v) is 2.08. The van der Waals surface area contributed by atoms with Gasteiger partial charge in [-0.05, 0) is 30.2 Å². The molecule has 2 aromatic heterocycles. The van der Waals surface area contributed by atoms with E-state index in [0.29, 0.717) is 12.2 Å². The summed E-state index contributed by atoms with van der Waals surface area (Å²) in [6.07, 6.45) is 3.50. The van der Waals surface area contributed by atoms with E-state index in [4.69, 9.17) is 0 Å². The van der Waals surface area contributed by atoms with E-state index in [0.717, 1.165) is 22.0 Å². The summed E-state index contributed by atoms with van der Waals surface area (Å²) >= 11 is 0. The third kappa shape index (κ3) is 2.25. The number of benzene rings is 1. The maximum absolute atomic E-state index is 12.2. The number of aryl methyl sites for hydroxylation is 1. The fourth-order valence-electron chi connectivity index (χ4n) is 2.08. The Labute approximate surface area is 116 Å². The van der Waals surface area contributed by atoms with Crippen molar-refractivity contribution >= 4 is 16.8 Å². The second kappa shape index (κ2) is 5.13. The molecule has 0 spiro atoms. The van der Waals surface area contributed by atoms with Gasteiger partial charge in [0.15, 0.2) is 5.69 Å². The Balaban J connectivity index is 1.79.